The van der Waals surface area contributed by atoms with Crippen LogP contribution in [0.15, 0.2) is 79.5 Å². The Bertz CT molecular complexity index is 1210. The van der Waals surface area contributed by atoms with Crippen LogP contribution in [0.3, 0.4) is 0 Å². The molecule has 0 unspecified atom stereocenters. The Morgan fingerprint density at radius 3 is 2.66 bits per heavy atom. The molecule has 1 aromatic carbocycles. The van der Waals surface area contributed by atoms with Crippen molar-refractivity contribution in [3.05, 3.63) is 96.3 Å². The average Bonchev–Trinajstić information content (AvgIpc) is 3.46. The van der Waals surface area contributed by atoms with Crippen LogP contribution in [-0.2, 0) is 13.5 Å². The quantitative estimate of drug-likeness (QED) is 0.468. The molecule has 1 atom stereocenters. The first kappa shape index (κ1) is 21.4. The van der Waals surface area contributed by atoms with E-state index in [1.165, 1.54) is 0 Å². The van der Waals surface area contributed by atoms with Gasteiger partial charge < -0.3 is 19.2 Å². The van der Waals surface area contributed by atoms with Crippen molar-refractivity contribution in [2.24, 2.45) is 7.05 Å². The van der Waals surface area contributed by atoms with E-state index in [-0.39, 0.29) is 17.9 Å². The SMILES string of the molecule is CN(C(=O)c1ccc2cncn2c1)[C@H](CCNC(=O)c1cccn1C)Cc1ccccc1. The van der Waals surface area contributed by atoms with Gasteiger partial charge in [-0.1, -0.05) is 30.3 Å². The van der Waals surface area contributed by atoms with Gasteiger partial charge in [0.25, 0.3) is 11.8 Å². The van der Waals surface area contributed by atoms with E-state index in [1.807, 2.05) is 61.1 Å². The number of hydrogen-bond acceptors (Lipinski definition) is 3. The maximum absolute atomic E-state index is 13.3. The van der Waals surface area contributed by atoms with E-state index in [4.69, 9.17) is 0 Å². The highest BCUT2D eigenvalue weighted by molar-refractivity contribution is 5.94. The standard InChI is InChI=1S/C25H27N5O2/c1-28-14-6-9-23(28)24(31)27-13-12-21(15-19-7-4-3-5-8-19)29(2)25(32)20-10-11-22-16-26-18-30(22)17-20/h3-11,14,16-18,21H,12-13,15H2,1-2H3,(H,27,31)/t21-/m1/s1. The topological polar surface area (TPSA) is 71.6 Å². The maximum atomic E-state index is 13.3. The van der Waals surface area contributed by atoms with Crippen LogP contribution in [0.2, 0.25) is 0 Å². The minimum absolute atomic E-state index is 0.0599. The third-order valence-corrected chi connectivity index (χ3v) is 5.78. The average molecular weight is 430 g/mol. The molecule has 3 aromatic heterocycles. The van der Waals surface area contributed by atoms with Crippen molar-refractivity contribution < 1.29 is 9.59 Å². The predicted octanol–water partition coefficient (Wildman–Crippen LogP) is 3.18. The van der Waals surface area contributed by atoms with Gasteiger partial charge in [0.05, 0.1) is 23.6 Å². The minimum Gasteiger partial charge on any atom is -0.351 e. The van der Waals surface area contributed by atoms with Gasteiger partial charge in [-0.25, -0.2) is 4.98 Å². The summed E-state index contributed by atoms with van der Waals surface area (Å²) in [5.74, 6) is -0.175. The third-order valence-electron chi connectivity index (χ3n) is 5.78. The zero-order valence-corrected chi connectivity index (χ0v) is 18.3. The molecule has 2 amide bonds. The second kappa shape index (κ2) is 9.51. The second-order valence-electron chi connectivity index (χ2n) is 7.95. The summed E-state index contributed by atoms with van der Waals surface area (Å²) in [5, 5.41) is 2.99. The van der Waals surface area contributed by atoms with Crippen molar-refractivity contribution >= 4 is 17.3 Å². The molecule has 0 saturated carbocycles. The smallest absolute Gasteiger partial charge is 0.267 e. The van der Waals surface area contributed by atoms with E-state index in [1.54, 1.807) is 34.3 Å². The van der Waals surface area contributed by atoms with Gasteiger partial charge in [0.2, 0.25) is 0 Å². The molecule has 0 fully saturated rings. The highest BCUT2D eigenvalue weighted by atomic mass is 16.2. The van der Waals surface area contributed by atoms with Crippen LogP contribution in [0, 0.1) is 0 Å². The van der Waals surface area contributed by atoms with Crippen molar-refractivity contribution in [1.29, 1.82) is 0 Å². The van der Waals surface area contributed by atoms with E-state index in [9.17, 15) is 9.59 Å². The lowest BCUT2D eigenvalue weighted by atomic mass is 10.0. The van der Waals surface area contributed by atoms with Gasteiger partial charge in [0.1, 0.15) is 5.69 Å². The molecule has 0 aliphatic heterocycles. The zero-order chi connectivity index (χ0) is 22.5. The lowest BCUT2D eigenvalue weighted by Crippen LogP contribution is -2.41. The van der Waals surface area contributed by atoms with E-state index >= 15 is 0 Å². The number of aromatic nitrogens is 3. The largest absolute Gasteiger partial charge is 0.351 e. The van der Waals surface area contributed by atoms with Crippen molar-refractivity contribution in [3.8, 4) is 0 Å². The molecule has 4 aromatic rings. The van der Waals surface area contributed by atoms with Crippen LogP contribution < -0.4 is 5.32 Å². The highest BCUT2D eigenvalue weighted by Crippen LogP contribution is 2.15. The lowest BCUT2D eigenvalue weighted by molar-refractivity contribution is 0.0722. The fraction of sp³-hybridized carbons (Fsp3) is 0.240. The normalized spacial score (nSPS) is 11.9. The molecule has 4 rings (SSSR count). The number of likely N-dealkylation sites (N-methyl/N-ethyl adjacent to an activating group) is 1. The van der Waals surface area contributed by atoms with Crippen molar-refractivity contribution in [2.45, 2.75) is 18.9 Å². The number of carbonyl (C=O) groups is 2. The molecule has 0 saturated heterocycles. The van der Waals surface area contributed by atoms with Crippen LogP contribution in [0.25, 0.3) is 5.52 Å². The Labute approximate surface area is 187 Å². The molecule has 3 heterocycles. The Morgan fingerprint density at radius 1 is 1.09 bits per heavy atom. The number of hydrogen-bond donors (Lipinski definition) is 1. The third kappa shape index (κ3) is 4.72. The number of nitrogens with zero attached hydrogens (tertiary/aromatic N) is 4. The number of aryl methyl sites for hydroxylation is 1. The Balaban J connectivity index is 1.48. The molecular formula is C25H27N5O2. The fourth-order valence-corrected chi connectivity index (χ4v) is 3.87. The number of carbonyl (C=O) groups excluding carboxylic acids is 2. The first-order chi connectivity index (χ1) is 15.5. The molecule has 0 spiro atoms. The summed E-state index contributed by atoms with van der Waals surface area (Å²) in [4.78, 5) is 31.6. The number of pyridine rings is 1. The lowest BCUT2D eigenvalue weighted by Gasteiger charge is -2.29. The number of amides is 2. The molecule has 1 N–H and O–H groups in total. The molecule has 0 bridgehead atoms. The summed E-state index contributed by atoms with van der Waals surface area (Å²) >= 11 is 0. The van der Waals surface area contributed by atoms with E-state index < -0.39 is 0 Å². The maximum Gasteiger partial charge on any atom is 0.267 e. The summed E-state index contributed by atoms with van der Waals surface area (Å²) in [7, 11) is 3.67. The van der Waals surface area contributed by atoms with Crippen LogP contribution in [0.4, 0.5) is 0 Å². The van der Waals surface area contributed by atoms with Gasteiger partial charge in [-0.2, -0.15) is 0 Å². The van der Waals surface area contributed by atoms with Crippen LogP contribution >= 0.6 is 0 Å². The highest BCUT2D eigenvalue weighted by Gasteiger charge is 2.22. The van der Waals surface area contributed by atoms with Crippen LogP contribution in [0.5, 0.6) is 0 Å². The first-order valence-corrected chi connectivity index (χ1v) is 10.7. The summed E-state index contributed by atoms with van der Waals surface area (Å²) in [5.41, 5.74) is 3.30. The van der Waals surface area contributed by atoms with E-state index in [0.29, 0.717) is 30.6 Å². The monoisotopic (exact) mass is 429 g/mol. The Kier molecular flexibility index (Phi) is 6.35. The second-order valence-corrected chi connectivity index (χ2v) is 7.95. The number of fused-ring (bicyclic) bond motifs is 1. The number of rotatable bonds is 8. The van der Waals surface area contributed by atoms with Gasteiger partial charge in [0, 0.05) is 39.1 Å². The fourth-order valence-electron chi connectivity index (χ4n) is 3.87. The van der Waals surface area contributed by atoms with Crippen molar-refractivity contribution in [3.63, 3.8) is 0 Å². The summed E-state index contributed by atoms with van der Waals surface area (Å²) in [6.45, 7) is 0.472. The van der Waals surface area contributed by atoms with Gasteiger partial charge in [0.15, 0.2) is 0 Å². The van der Waals surface area contributed by atoms with Gasteiger partial charge in [-0.15, -0.1) is 0 Å². The molecule has 7 nitrogen and oxygen atoms in total. The molecule has 7 heteroatoms. The van der Waals surface area contributed by atoms with Crippen LogP contribution in [-0.4, -0.2) is 50.3 Å². The zero-order valence-electron chi connectivity index (χ0n) is 18.3. The van der Waals surface area contributed by atoms with Gasteiger partial charge >= 0.3 is 0 Å². The summed E-state index contributed by atoms with van der Waals surface area (Å²) in [6.07, 6.45) is 8.43. The van der Waals surface area contributed by atoms with E-state index in [0.717, 1.165) is 11.1 Å². The molecular weight excluding hydrogens is 402 g/mol. The molecule has 0 aliphatic rings. The van der Waals surface area contributed by atoms with Crippen molar-refractivity contribution in [1.82, 2.24) is 24.2 Å². The van der Waals surface area contributed by atoms with Gasteiger partial charge in [-0.3, -0.25) is 9.59 Å². The molecule has 32 heavy (non-hydrogen) atoms. The summed E-state index contributed by atoms with van der Waals surface area (Å²) in [6, 6.07) is 17.4. The van der Waals surface area contributed by atoms with E-state index in [2.05, 4.69) is 22.4 Å². The Hall–Kier alpha value is -3.87. The molecule has 164 valence electrons. The van der Waals surface area contributed by atoms with Crippen LogP contribution in [0.1, 0.15) is 32.8 Å². The summed E-state index contributed by atoms with van der Waals surface area (Å²) < 4.78 is 3.63. The van der Waals surface area contributed by atoms with Crippen molar-refractivity contribution in [2.75, 3.05) is 13.6 Å². The first-order valence-electron chi connectivity index (χ1n) is 10.7. The molecule has 0 aliphatic carbocycles. The predicted molar refractivity (Wildman–Crippen MR) is 124 cm³/mol. The Morgan fingerprint density at radius 2 is 1.91 bits per heavy atom. The number of nitrogens with one attached hydrogen (secondary N) is 1. The van der Waals surface area contributed by atoms with Gasteiger partial charge in [-0.05, 0) is 42.7 Å². The minimum atomic E-state index is -0.115. The molecule has 0 radical (unpaired) electrons. The number of imidazole rings is 1. The number of benzene rings is 1.